The molecule has 106 valence electrons. The zero-order chi connectivity index (χ0) is 14.1. The number of carboxylic acid groups (broad SMARTS) is 1. The molecule has 0 saturated heterocycles. The Hall–Kier alpha value is -1.20. The minimum Gasteiger partial charge on any atom is -0.481 e. The molecule has 1 heterocycles. The van der Waals surface area contributed by atoms with Crippen molar-refractivity contribution in [3.8, 4) is 0 Å². The van der Waals surface area contributed by atoms with Gasteiger partial charge in [0.15, 0.2) is 5.16 Å². The van der Waals surface area contributed by atoms with Crippen molar-refractivity contribution in [2.75, 3.05) is 5.75 Å². The number of rotatable bonds is 5. The number of aromatic nitrogens is 2. The molecule has 0 spiro atoms. The normalized spacial score (nSPS) is 15.4. The van der Waals surface area contributed by atoms with Crippen LogP contribution in [-0.2, 0) is 11.3 Å². The van der Waals surface area contributed by atoms with Crippen LogP contribution in [0.1, 0.15) is 19.3 Å². The van der Waals surface area contributed by atoms with Gasteiger partial charge in [-0.25, -0.2) is 4.98 Å². The Labute approximate surface area is 126 Å². The molecule has 1 fully saturated rings. The van der Waals surface area contributed by atoms with Gasteiger partial charge in [-0.15, -0.1) is 0 Å². The molecule has 3 rings (SSSR count). The minimum absolute atomic E-state index is 0.0295. The molecule has 6 heteroatoms. The van der Waals surface area contributed by atoms with Gasteiger partial charge in [-0.05, 0) is 37.0 Å². The lowest BCUT2D eigenvalue weighted by Crippen LogP contribution is -2.18. The number of hydrogen-bond donors (Lipinski definition) is 1. The van der Waals surface area contributed by atoms with Crippen molar-refractivity contribution < 1.29 is 9.90 Å². The van der Waals surface area contributed by atoms with Crippen LogP contribution in [0.15, 0.2) is 23.4 Å². The van der Waals surface area contributed by atoms with Crippen LogP contribution >= 0.6 is 23.4 Å². The van der Waals surface area contributed by atoms with Crippen molar-refractivity contribution in [3.05, 3.63) is 23.2 Å². The van der Waals surface area contributed by atoms with Crippen LogP contribution in [0.3, 0.4) is 0 Å². The molecule has 1 aromatic carbocycles. The molecule has 0 atom stereocenters. The monoisotopic (exact) mass is 310 g/mol. The second kappa shape index (κ2) is 5.66. The fraction of sp³-hybridized carbons (Fsp3) is 0.429. The van der Waals surface area contributed by atoms with Crippen LogP contribution in [0.5, 0.6) is 0 Å². The summed E-state index contributed by atoms with van der Waals surface area (Å²) < 4.78 is 2.12. The molecule has 1 aromatic heterocycles. The number of aliphatic carboxylic acids is 1. The summed E-state index contributed by atoms with van der Waals surface area (Å²) in [6.07, 6.45) is 3.77. The van der Waals surface area contributed by atoms with Crippen LogP contribution in [0, 0.1) is 5.92 Å². The highest BCUT2D eigenvalue weighted by atomic mass is 35.5. The van der Waals surface area contributed by atoms with Crippen molar-refractivity contribution in [1.82, 2.24) is 9.55 Å². The Kier molecular flexibility index (Phi) is 3.89. The van der Waals surface area contributed by atoms with Crippen molar-refractivity contribution in [1.29, 1.82) is 0 Å². The molecule has 0 aliphatic heterocycles. The van der Waals surface area contributed by atoms with E-state index >= 15 is 0 Å². The van der Waals surface area contributed by atoms with Crippen molar-refractivity contribution in [2.24, 2.45) is 5.92 Å². The Balaban J connectivity index is 1.97. The Morgan fingerprint density at radius 1 is 1.50 bits per heavy atom. The highest BCUT2D eigenvalue weighted by Gasteiger charge is 2.21. The summed E-state index contributed by atoms with van der Waals surface area (Å²) in [5, 5.41) is 10.3. The lowest BCUT2D eigenvalue weighted by atomic mass is 9.85. The Bertz CT molecular complexity index is 652. The number of benzene rings is 1. The average Bonchev–Trinajstić information content (AvgIpc) is 2.68. The zero-order valence-corrected chi connectivity index (χ0v) is 12.5. The quantitative estimate of drug-likeness (QED) is 0.856. The summed E-state index contributed by atoms with van der Waals surface area (Å²) in [6, 6.07) is 5.61. The van der Waals surface area contributed by atoms with Gasteiger partial charge in [-0.2, -0.15) is 0 Å². The third-order valence-electron chi connectivity index (χ3n) is 3.67. The van der Waals surface area contributed by atoms with Crippen molar-refractivity contribution in [3.63, 3.8) is 0 Å². The Morgan fingerprint density at radius 2 is 2.30 bits per heavy atom. The third kappa shape index (κ3) is 2.79. The summed E-state index contributed by atoms with van der Waals surface area (Å²) in [4.78, 5) is 15.3. The van der Waals surface area contributed by atoms with Gasteiger partial charge in [0.25, 0.3) is 0 Å². The summed E-state index contributed by atoms with van der Waals surface area (Å²) in [5.41, 5.74) is 1.87. The fourth-order valence-electron chi connectivity index (χ4n) is 2.42. The van der Waals surface area contributed by atoms with Crippen LogP contribution < -0.4 is 0 Å². The second-order valence-corrected chi connectivity index (χ2v) is 6.50. The number of hydrogen-bond acceptors (Lipinski definition) is 3. The van der Waals surface area contributed by atoms with E-state index in [0.29, 0.717) is 10.9 Å². The van der Waals surface area contributed by atoms with Crippen molar-refractivity contribution >= 4 is 40.4 Å². The molecule has 1 saturated carbocycles. The van der Waals surface area contributed by atoms with Gasteiger partial charge in [-0.3, -0.25) is 4.79 Å². The zero-order valence-electron chi connectivity index (χ0n) is 10.9. The second-order valence-electron chi connectivity index (χ2n) is 5.12. The van der Waals surface area contributed by atoms with E-state index in [2.05, 4.69) is 9.55 Å². The predicted octanol–water partition coefficient (Wildman–Crippen LogP) is 3.67. The smallest absolute Gasteiger partial charge is 0.313 e. The van der Waals surface area contributed by atoms with Gasteiger partial charge in [0.2, 0.25) is 0 Å². The summed E-state index contributed by atoms with van der Waals surface area (Å²) in [6.45, 7) is 0.902. The first-order valence-corrected chi connectivity index (χ1v) is 8.00. The Morgan fingerprint density at radius 3 is 2.95 bits per heavy atom. The van der Waals surface area contributed by atoms with Gasteiger partial charge in [-0.1, -0.05) is 29.8 Å². The molecule has 20 heavy (non-hydrogen) atoms. The standard InChI is InChI=1S/C14H15ClN2O2S/c15-10-4-5-11-12(6-10)17(7-9-2-1-3-9)14(16-11)20-8-13(18)19/h4-6,9H,1-3,7-8H2,(H,18,19). The van der Waals surface area contributed by atoms with Gasteiger partial charge in [0.1, 0.15) is 0 Å². The molecule has 1 N–H and O–H groups in total. The van der Waals surface area contributed by atoms with E-state index in [0.717, 1.165) is 22.7 Å². The van der Waals surface area contributed by atoms with E-state index < -0.39 is 5.97 Å². The average molecular weight is 311 g/mol. The topological polar surface area (TPSA) is 55.1 Å². The van der Waals surface area contributed by atoms with E-state index in [1.54, 1.807) is 0 Å². The number of carbonyl (C=O) groups is 1. The van der Waals surface area contributed by atoms with E-state index in [4.69, 9.17) is 16.7 Å². The molecular formula is C14H15ClN2O2S. The lowest BCUT2D eigenvalue weighted by molar-refractivity contribution is -0.133. The molecule has 0 unspecified atom stereocenters. The maximum absolute atomic E-state index is 10.8. The van der Waals surface area contributed by atoms with E-state index in [1.165, 1.54) is 31.0 Å². The van der Waals surface area contributed by atoms with Crippen molar-refractivity contribution in [2.45, 2.75) is 31.0 Å². The van der Waals surface area contributed by atoms with Gasteiger partial charge >= 0.3 is 5.97 Å². The lowest BCUT2D eigenvalue weighted by Gasteiger charge is -2.26. The summed E-state index contributed by atoms with van der Waals surface area (Å²) in [5.74, 6) is -0.118. The molecule has 0 bridgehead atoms. The van der Waals surface area contributed by atoms with Crippen LogP contribution in [0.25, 0.3) is 11.0 Å². The van der Waals surface area contributed by atoms with Gasteiger partial charge in [0.05, 0.1) is 16.8 Å². The number of carboxylic acids is 1. The largest absolute Gasteiger partial charge is 0.481 e. The first kappa shape index (κ1) is 13.8. The minimum atomic E-state index is -0.824. The highest BCUT2D eigenvalue weighted by Crippen LogP contribution is 2.32. The number of fused-ring (bicyclic) bond motifs is 1. The molecule has 4 nitrogen and oxygen atoms in total. The first-order chi connectivity index (χ1) is 9.63. The molecule has 2 aromatic rings. The van der Waals surface area contributed by atoms with Crippen LogP contribution in [0.2, 0.25) is 5.02 Å². The number of nitrogens with zero attached hydrogens (tertiary/aromatic N) is 2. The molecule has 0 amide bonds. The van der Waals surface area contributed by atoms with E-state index in [-0.39, 0.29) is 5.75 Å². The SMILES string of the molecule is O=C(O)CSc1nc2ccc(Cl)cc2n1CC1CCC1. The van der Waals surface area contributed by atoms with E-state index in [1.807, 2.05) is 18.2 Å². The van der Waals surface area contributed by atoms with Gasteiger partial charge < -0.3 is 9.67 Å². The number of imidazole rings is 1. The molecule has 0 radical (unpaired) electrons. The number of thioether (sulfide) groups is 1. The molecule has 1 aliphatic rings. The third-order valence-corrected chi connectivity index (χ3v) is 4.86. The van der Waals surface area contributed by atoms with Crippen LogP contribution in [0.4, 0.5) is 0 Å². The van der Waals surface area contributed by atoms with E-state index in [9.17, 15) is 4.79 Å². The molecule has 1 aliphatic carbocycles. The highest BCUT2D eigenvalue weighted by molar-refractivity contribution is 7.99. The first-order valence-electron chi connectivity index (χ1n) is 6.64. The number of halogens is 1. The summed E-state index contributed by atoms with van der Waals surface area (Å²) >= 11 is 7.34. The van der Waals surface area contributed by atoms with Crippen LogP contribution in [-0.4, -0.2) is 26.4 Å². The maximum atomic E-state index is 10.8. The maximum Gasteiger partial charge on any atom is 0.313 e. The predicted molar refractivity (Wildman–Crippen MR) is 80.4 cm³/mol. The summed E-state index contributed by atoms with van der Waals surface area (Å²) in [7, 11) is 0. The fourth-order valence-corrected chi connectivity index (χ4v) is 3.33. The molecular weight excluding hydrogens is 296 g/mol. The van der Waals surface area contributed by atoms with Gasteiger partial charge in [0, 0.05) is 11.6 Å².